The standard InChI is InChI=1S/C12H17ClN2O2/c1-4-9(7-17-3)15-12(16)10-6-14-8(2)5-11(10)13/h5-6,9H,4,7H2,1-3H3,(H,15,16). The first-order chi connectivity index (χ1) is 8.08. The van der Waals surface area contributed by atoms with Crippen molar-refractivity contribution in [1.29, 1.82) is 0 Å². The summed E-state index contributed by atoms with van der Waals surface area (Å²) >= 11 is 6.00. The number of amides is 1. The zero-order valence-electron chi connectivity index (χ0n) is 10.3. The van der Waals surface area contributed by atoms with Crippen molar-refractivity contribution in [1.82, 2.24) is 10.3 Å². The molecular weight excluding hydrogens is 240 g/mol. The second-order valence-corrected chi connectivity index (χ2v) is 4.25. The van der Waals surface area contributed by atoms with Crippen LogP contribution in [0.1, 0.15) is 29.4 Å². The normalized spacial score (nSPS) is 12.2. The average molecular weight is 257 g/mol. The molecule has 0 aliphatic rings. The summed E-state index contributed by atoms with van der Waals surface area (Å²) in [6.07, 6.45) is 2.29. The Bertz CT molecular complexity index is 396. The molecule has 0 aliphatic heterocycles. The third kappa shape index (κ3) is 3.98. The molecule has 0 saturated carbocycles. The summed E-state index contributed by atoms with van der Waals surface area (Å²) in [7, 11) is 1.61. The van der Waals surface area contributed by atoms with Crippen LogP contribution in [-0.2, 0) is 4.74 Å². The smallest absolute Gasteiger partial charge is 0.254 e. The van der Waals surface area contributed by atoms with E-state index in [0.717, 1.165) is 12.1 Å². The van der Waals surface area contributed by atoms with Crippen molar-refractivity contribution in [2.45, 2.75) is 26.3 Å². The lowest BCUT2D eigenvalue weighted by atomic mass is 10.2. The molecule has 5 heteroatoms. The average Bonchev–Trinajstić information content (AvgIpc) is 2.28. The van der Waals surface area contributed by atoms with Crippen molar-refractivity contribution >= 4 is 17.5 Å². The predicted molar refractivity (Wildman–Crippen MR) is 67.4 cm³/mol. The number of hydrogen-bond acceptors (Lipinski definition) is 3. The molecule has 0 aliphatic carbocycles. The molecule has 1 heterocycles. The summed E-state index contributed by atoms with van der Waals surface area (Å²) in [5.41, 5.74) is 1.18. The monoisotopic (exact) mass is 256 g/mol. The van der Waals surface area contributed by atoms with E-state index in [0.29, 0.717) is 17.2 Å². The summed E-state index contributed by atoms with van der Waals surface area (Å²) in [5, 5.41) is 3.27. The van der Waals surface area contributed by atoms with Gasteiger partial charge in [-0.1, -0.05) is 18.5 Å². The molecule has 1 atom stereocenters. The fraction of sp³-hybridized carbons (Fsp3) is 0.500. The highest BCUT2D eigenvalue weighted by Crippen LogP contribution is 2.15. The lowest BCUT2D eigenvalue weighted by Gasteiger charge is -2.16. The van der Waals surface area contributed by atoms with Crippen LogP contribution in [0, 0.1) is 6.92 Å². The van der Waals surface area contributed by atoms with Crippen molar-refractivity contribution < 1.29 is 9.53 Å². The van der Waals surface area contributed by atoms with Gasteiger partial charge in [-0.25, -0.2) is 0 Å². The largest absolute Gasteiger partial charge is 0.383 e. The van der Waals surface area contributed by atoms with Crippen molar-refractivity contribution in [2.24, 2.45) is 0 Å². The van der Waals surface area contributed by atoms with E-state index >= 15 is 0 Å². The number of aryl methyl sites for hydroxylation is 1. The molecular formula is C12H17ClN2O2. The molecule has 0 fully saturated rings. The number of carbonyl (C=O) groups is 1. The third-order valence-electron chi connectivity index (χ3n) is 2.43. The van der Waals surface area contributed by atoms with Gasteiger partial charge in [0.2, 0.25) is 0 Å². The first-order valence-corrected chi connectivity index (χ1v) is 5.88. The van der Waals surface area contributed by atoms with Crippen LogP contribution < -0.4 is 5.32 Å². The lowest BCUT2D eigenvalue weighted by molar-refractivity contribution is 0.0894. The zero-order valence-corrected chi connectivity index (χ0v) is 11.0. The van der Waals surface area contributed by atoms with Crippen molar-refractivity contribution in [3.8, 4) is 0 Å². The topological polar surface area (TPSA) is 51.2 Å². The van der Waals surface area contributed by atoms with Gasteiger partial charge in [-0.05, 0) is 19.4 Å². The fourth-order valence-electron chi connectivity index (χ4n) is 1.42. The molecule has 0 aromatic carbocycles. The van der Waals surface area contributed by atoms with Gasteiger partial charge in [0.05, 0.1) is 23.2 Å². The van der Waals surface area contributed by atoms with Gasteiger partial charge >= 0.3 is 0 Å². The van der Waals surface area contributed by atoms with Crippen LogP contribution in [0.4, 0.5) is 0 Å². The minimum atomic E-state index is -0.216. The van der Waals surface area contributed by atoms with E-state index in [-0.39, 0.29) is 11.9 Å². The van der Waals surface area contributed by atoms with E-state index in [2.05, 4.69) is 10.3 Å². The highest BCUT2D eigenvalue weighted by molar-refractivity contribution is 6.33. The van der Waals surface area contributed by atoms with Crippen LogP contribution in [0.5, 0.6) is 0 Å². The van der Waals surface area contributed by atoms with E-state index in [4.69, 9.17) is 16.3 Å². The number of nitrogens with zero attached hydrogens (tertiary/aromatic N) is 1. The predicted octanol–water partition coefficient (Wildman–Crippen LogP) is 2.20. The molecule has 0 radical (unpaired) electrons. The summed E-state index contributed by atoms with van der Waals surface area (Å²) in [6.45, 7) is 4.30. The lowest BCUT2D eigenvalue weighted by Crippen LogP contribution is -2.37. The quantitative estimate of drug-likeness (QED) is 0.879. The van der Waals surface area contributed by atoms with Crippen LogP contribution >= 0.6 is 11.6 Å². The highest BCUT2D eigenvalue weighted by Gasteiger charge is 2.15. The Balaban J connectivity index is 2.75. The van der Waals surface area contributed by atoms with Crippen LogP contribution in [0.3, 0.4) is 0 Å². The van der Waals surface area contributed by atoms with E-state index in [1.54, 1.807) is 13.2 Å². The van der Waals surface area contributed by atoms with Crippen LogP contribution in [0.2, 0.25) is 5.02 Å². The Hall–Kier alpha value is -1.13. The Morgan fingerprint density at radius 2 is 2.35 bits per heavy atom. The Kier molecular flexibility index (Phi) is 5.38. The van der Waals surface area contributed by atoms with Gasteiger partial charge in [-0.3, -0.25) is 9.78 Å². The van der Waals surface area contributed by atoms with Crippen molar-refractivity contribution in [2.75, 3.05) is 13.7 Å². The maximum atomic E-state index is 11.9. The minimum absolute atomic E-state index is 0.00938. The third-order valence-corrected chi connectivity index (χ3v) is 2.74. The van der Waals surface area contributed by atoms with Gasteiger partial charge in [0.25, 0.3) is 5.91 Å². The molecule has 1 aromatic rings. The maximum Gasteiger partial charge on any atom is 0.254 e. The van der Waals surface area contributed by atoms with Crippen molar-refractivity contribution in [3.05, 3.63) is 28.5 Å². The number of carbonyl (C=O) groups excluding carboxylic acids is 1. The summed E-state index contributed by atoms with van der Waals surface area (Å²) in [5.74, 6) is -0.216. The summed E-state index contributed by atoms with van der Waals surface area (Å²) < 4.78 is 5.02. The minimum Gasteiger partial charge on any atom is -0.383 e. The molecule has 0 spiro atoms. The van der Waals surface area contributed by atoms with Gasteiger partial charge in [0.15, 0.2) is 0 Å². The second kappa shape index (κ2) is 6.57. The van der Waals surface area contributed by atoms with Crippen LogP contribution in [-0.4, -0.2) is 30.6 Å². The number of nitrogens with one attached hydrogen (secondary N) is 1. The van der Waals surface area contributed by atoms with E-state index in [1.165, 1.54) is 6.20 Å². The number of hydrogen-bond donors (Lipinski definition) is 1. The number of methoxy groups -OCH3 is 1. The molecule has 1 N–H and O–H groups in total. The van der Waals surface area contributed by atoms with Crippen molar-refractivity contribution in [3.63, 3.8) is 0 Å². The molecule has 1 unspecified atom stereocenters. The molecule has 0 saturated heterocycles. The first kappa shape index (κ1) is 13.9. The summed E-state index contributed by atoms with van der Waals surface area (Å²) in [4.78, 5) is 16.0. The molecule has 1 aromatic heterocycles. The number of ether oxygens (including phenoxy) is 1. The van der Waals surface area contributed by atoms with Gasteiger partial charge < -0.3 is 10.1 Å². The van der Waals surface area contributed by atoms with Gasteiger partial charge in [0, 0.05) is 19.0 Å². The number of pyridine rings is 1. The van der Waals surface area contributed by atoms with Crippen LogP contribution in [0.15, 0.2) is 12.3 Å². The Labute approximate surface area is 106 Å². The molecule has 94 valence electrons. The van der Waals surface area contributed by atoms with E-state index in [9.17, 15) is 4.79 Å². The maximum absolute atomic E-state index is 11.9. The molecule has 1 amide bonds. The highest BCUT2D eigenvalue weighted by atomic mass is 35.5. The van der Waals surface area contributed by atoms with Gasteiger partial charge in [0.1, 0.15) is 0 Å². The number of aromatic nitrogens is 1. The zero-order chi connectivity index (χ0) is 12.8. The van der Waals surface area contributed by atoms with E-state index < -0.39 is 0 Å². The molecule has 4 nitrogen and oxygen atoms in total. The second-order valence-electron chi connectivity index (χ2n) is 3.84. The van der Waals surface area contributed by atoms with E-state index in [1.807, 2.05) is 13.8 Å². The fourth-order valence-corrected chi connectivity index (χ4v) is 1.71. The Morgan fingerprint density at radius 1 is 1.65 bits per heavy atom. The first-order valence-electron chi connectivity index (χ1n) is 5.50. The molecule has 17 heavy (non-hydrogen) atoms. The molecule has 0 bridgehead atoms. The number of rotatable bonds is 5. The summed E-state index contributed by atoms with van der Waals surface area (Å²) in [6, 6.07) is 1.66. The van der Waals surface area contributed by atoms with Gasteiger partial charge in [-0.2, -0.15) is 0 Å². The number of halogens is 1. The van der Waals surface area contributed by atoms with Gasteiger partial charge in [-0.15, -0.1) is 0 Å². The SMILES string of the molecule is CCC(COC)NC(=O)c1cnc(C)cc1Cl. The molecule has 1 rings (SSSR count). The Morgan fingerprint density at radius 3 is 2.88 bits per heavy atom. The van der Waals surface area contributed by atoms with Crippen LogP contribution in [0.25, 0.3) is 0 Å².